The minimum absolute atomic E-state index is 0.388. The van der Waals surface area contributed by atoms with Crippen LogP contribution < -0.4 is 5.32 Å². The topological polar surface area (TPSA) is 49.9 Å². The molecule has 0 fully saturated rings. The average molecular weight is 282 g/mol. The molecular formula is C14H20ClN3O. The van der Waals surface area contributed by atoms with Crippen LogP contribution >= 0.6 is 11.6 Å². The molecule has 0 radical (unpaired) electrons. The molecule has 1 atom stereocenters. The molecule has 0 aliphatic rings. The predicted octanol–water partition coefficient (Wildman–Crippen LogP) is 2.77. The van der Waals surface area contributed by atoms with Crippen LogP contribution in [0.15, 0.2) is 18.2 Å². The quantitative estimate of drug-likeness (QED) is 0.767. The molecule has 0 spiro atoms. The van der Waals surface area contributed by atoms with Crippen molar-refractivity contribution in [2.75, 3.05) is 20.3 Å². The van der Waals surface area contributed by atoms with E-state index in [-0.39, 0.29) is 0 Å². The van der Waals surface area contributed by atoms with E-state index in [1.807, 2.05) is 18.2 Å². The summed E-state index contributed by atoms with van der Waals surface area (Å²) in [6.07, 6.45) is 1.97. The minimum Gasteiger partial charge on any atom is -0.383 e. The van der Waals surface area contributed by atoms with Gasteiger partial charge >= 0.3 is 0 Å². The monoisotopic (exact) mass is 281 g/mol. The van der Waals surface area contributed by atoms with Gasteiger partial charge in [0, 0.05) is 24.6 Å². The molecule has 2 aromatic rings. The fourth-order valence-electron chi connectivity index (χ4n) is 2.07. The highest BCUT2D eigenvalue weighted by Gasteiger charge is 2.04. The summed E-state index contributed by atoms with van der Waals surface area (Å²) in [5, 5.41) is 4.14. The highest BCUT2D eigenvalue weighted by atomic mass is 35.5. The fraction of sp³-hybridized carbons (Fsp3) is 0.500. The lowest BCUT2D eigenvalue weighted by Gasteiger charge is -2.11. The Kier molecular flexibility index (Phi) is 5.19. The van der Waals surface area contributed by atoms with E-state index in [2.05, 4.69) is 22.2 Å². The maximum Gasteiger partial charge on any atom is 0.107 e. The number of nitrogens with zero attached hydrogens (tertiary/aromatic N) is 1. The number of aryl methyl sites for hydroxylation is 1. The van der Waals surface area contributed by atoms with Crippen molar-refractivity contribution in [3.63, 3.8) is 0 Å². The summed E-state index contributed by atoms with van der Waals surface area (Å²) in [6, 6.07) is 6.10. The van der Waals surface area contributed by atoms with E-state index in [0.29, 0.717) is 6.04 Å². The molecule has 5 heteroatoms. The summed E-state index contributed by atoms with van der Waals surface area (Å²) in [5.74, 6) is 1.01. The summed E-state index contributed by atoms with van der Waals surface area (Å²) in [7, 11) is 1.72. The van der Waals surface area contributed by atoms with E-state index < -0.39 is 0 Å². The van der Waals surface area contributed by atoms with Crippen LogP contribution in [-0.2, 0) is 11.2 Å². The van der Waals surface area contributed by atoms with Crippen LogP contribution in [0.25, 0.3) is 11.0 Å². The Morgan fingerprint density at radius 3 is 3.11 bits per heavy atom. The molecule has 0 saturated carbocycles. The lowest BCUT2D eigenvalue weighted by molar-refractivity contribution is 0.172. The van der Waals surface area contributed by atoms with Gasteiger partial charge in [-0.15, -0.1) is 0 Å². The second kappa shape index (κ2) is 6.89. The van der Waals surface area contributed by atoms with Crippen LogP contribution in [0.3, 0.4) is 0 Å². The van der Waals surface area contributed by atoms with Gasteiger partial charge in [-0.1, -0.05) is 11.6 Å². The second-order valence-corrected chi connectivity index (χ2v) is 5.20. The molecule has 4 nitrogen and oxygen atoms in total. The third kappa shape index (κ3) is 4.20. The molecule has 19 heavy (non-hydrogen) atoms. The molecular weight excluding hydrogens is 262 g/mol. The molecule has 0 amide bonds. The first-order chi connectivity index (χ1) is 9.19. The van der Waals surface area contributed by atoms with Crippen LogP contribution in [0.2, 0.25) is 5.02 Å². The van der Waals surface area contributed by atoms with Gasteiger partial charge in [-0.3, -0.25) is 0 Å². The number of hydrogen-bond donors (Lipinski definition) is 2. The van der Waals surface area contributed by atoms with E-state index in [9.17, 15) is 0 Å². The van der Waals surface area contributed by atoms with Gasteiger partial charge in [-0.05, 0) is 38.1 Å². The number of aromatic nitrogens is 2. The zero-order valence-electron chi connectivity index (χ0n) is 11.4. The smallest absolute Gasteiger partial charge is 0.107 e. The van der Waals surface area contributed by atoms with Crippen molar-refractivity contribution in [2.45, 2.75) is 25.8 Å². The third-order valence-electron chi connectivity index (χ3n) is 2.99. The van der Waals surface area contributed by atoms with E-state index in [4.69, 9.17) is 16.3 Å². The van der Waals surface area contributed by atoms with Crippen molar-refractivity contribution in [3.8, 4) is 0 Å². The summed E-state index contributed by atoms with van der Waals surface area (Å²) in [5.41, 5.74) is 1.98. The molecule has 0 aliphatic carbocycles. The first-order valence-electron chi connectivity index (χ1n) is 6.55. The Labute approximate surface area is 118 Å². The normalized spacial score (nSPS) is 13.0. The van der Waals surface area contributed by atoms with Crippen LogP contribution in [0, 0.1) is 0 Å². The first-order valence-corrected chi connectivity index (χ1v) is 6.93. The number of ether oxygens (including phenoxy) is 1. The number of methoxy groups -OCH3 is 1. The highest BCUT2D eigenvalue weighted by Crippen LogP contribution is 2.17. The number of hydrogen-bond acceptors (Lipinski definition) is 3. The number of benzene rings is 1. The third-order valence-corrected chi connectivity index (χ3v) is 3.23. The number of rotatable bonds is 7. The maximum absolute atomic E-state index is 5.95. The molecule has 104 valence electrons. The second-order valence-electron chi connectivity index (χ2n) is 4.76. The molecule has 2 N–H and O–H groups in total. The number of H-pyrrole nitrogens is 1. The molecule has 0 unspecified atom stereocenters. The fourth-order valence-corrected chi connectivity index (χ4v) is 2.24. The van der Waals surface area contributed by atoms with Crippen molar-refractivity contribution >= 4 is 22.6 Å². The van der Waals surface area contributed by atoms with Gasteiger partial charge in [0.1, 0.15) is 5.82 Å². The largest absolute Gasteiger partial charge is 0.383 e. The molecule has 1 aromatic carbocycles. The van der Waals surface area contributed by atoms with Crippen molar-refractivity contribution in [2.24, 2.45) is 0 Å². The molecule has 1 aromatic heterocycles. The van der Waals surface area contributed by atoms with Crippen LogP contribution in [0.5, 0.6) is 0 Å². The Balaban J connectivity index is 1.81. The number of aromatic amines is 1. The number of halogens is 1. The lowest BCUT2D eigenvalue weighted by atomic mass is 10.2. The Morgan fingerprint density at radius 1 is 1.47 bits per heavy atom. The predicted molar refractivity (Wildman–Crippen MR) is 78.8 cm³/mol. The van der Waals surface area contributed by atoms with E-state index in [1.165, 1.54) is 0 Å². The lowest BCUT2D eigenvalue weighted by Crippen LogP contribution is -2.31. The van der Waals surface area contributed by atoms with Crippen molar-refractivity contribution < 1.29 is 4.74 Å². The van der Waals surface area contributed by atoms with E-state index in [1.54, 1.807) is 7.11 Å². The Morgan fingerprint density at radius 2 is 2.32 bits per heavy atom. The maximum atomic E-state index is 5.95. The number of fused-ring (bicyclic) bond motifs is 1. The minimum atomic E-state index is 0.388. The first kappa shape index (κ1) is 14.3. The van der Waals surface area contributed by atoms with Crippen LogP contribution in [0.4, 0.5) is 0 Å². The summed E-state index contributed by atoms with van der Waals surface area (Å²) >= 11 is 5.95. The van der Waals surface area contributed by atoms with Gasteiger partial charge in [-0.2, -0.15) is 0 Å². The van der Waals surface area contributed by atoms with Crippen molar-refractivity contribution in [3.05, 3.63) is 29.0 Å². The summed E-state index contributed by atoms with van der Waals surface area (Å²) in [6.45, 7) is 3.82. The van der Waals surface area contributed by atoms with Gasteiger partial charge in [-0.25, -0.2) is 4.98 Å². The molecule has 1 heterocycles. The number of imidazole rings is 1. The Hall–Kier alpha value is -1.10. The zero-order valence-corrected chi connectivity index (χ0v) is 12.1. The SMILES string of the molecule is COC[C@H](C)NCCCc1nc2ccc(Cl)cc2[nH]1. The van der Waals surface area contributed by atoms with Gasteiger partial charge in [0.15, 0.2) is 0 Å². The molecule has 0 aliphatic heterocycles. The van der Waals surface area contributed by atoms with Gasteiger partial charge in [0.25, 0.3) is 0 Å². The Bertz CT molecular complexity index is 526. The van der Waals surface area contributed by atoms with E-state index in [0.717, 1.165) is 47.9 Å². The van der Waals surface area contributed by atoms with Gasteiger partial charge in [0.05, 0.1) is 17.6 Å². The van der Waals surface area contributed by atoms with Crippen LogP contribution in [-0.4, -0.2) is 36.3 Å². The molecule has 2 rings (SSSR count). The van der Waals surface area contributed by atoms with Crippen LogP contribution in [0.1, 0.15) is 19.2 Å². The van der Waals surface area contributed by atoms with Crippen molar-refractivity contribution in [1.29, 1.82) is 0 Å². The van der Waals surface area contributed by atoms with Gasteiger partial charge in [0.2, 0.25) is 0 Å². The molecule has 0 saturated heterocycles. The number of nitrogens with one attached hydrogen (secondary N) is 2. The van der Waals surface area contributed by atoms with Gasteiger partial charge < -0.3 is 15.0 Å². The summed E-state index contributed by atoms with van der Waals surface area (Å²) < 4.78 is 5.08. The highest BCUT2D eigenvalue weighted by molar-refractivity contribution is 6.31. The van der Waals surface area contributed by atoms with E-state index >= 15 is 0 Å². The van der Waals surface area contributed by atoms with Crippen molar-refractivity contribution in [1.82, 2.24) is 15.3 Å². The zero-order chi connectivity index (χ0) is 13.7. The average Bonchev–Trinajstić information content (AvgIpc) is 2.77. The standard InChI is InChI=1S/C14H20ClN3O/c1-10(9-19-2)16-7-3-4-14-17-12-6-5-11(15)8-13(12)18-14/h5-6,8,10,16H,3-4,7,9H2,1-2H3,(H,17,18)/t10-/m0/s1. The molecule has 0 bridgehead atoms. The summed E-state index contributed by atoms with van der Waals surface area (Å²) in [4.78, 5) is 7.84.